The highest BCUT2D eigenvalue weighted by Crippen LogP contribution is 2.18. The van der Waals surface area contributed by atoms with Gasteiger partial charge >= 0.3 is 5.97 Å². The third-order valence-electron chi connectivity index (χ3n) is 4.87. The van der Waals surface area contributed by atoms with Crippen LogP contribution >= 0.6 is 0 Å². The Balaban J connectivity index is 1.88. The summed E-state index contributed by atoms with van der Waals surface area (Å²) in [5.74, 6) is -0.366. The van der Waals surface area contributed by atoms with E-state index in [0.717, 1.165) is 13.1 Å². The molecule has 1 aliphatic rings. The van der Waals surface area contributed by atoms with Crippen molar-refractivity contribution in [2.24, 2.45) is 0 Å². The van der Waals surface area contributed by atoms with Gasteiger partial charge in [0.1, 0.15) is 6.04 Å². The number of ether oxygens (including phenoxy) is 2. The Labute approximate surface area is 161 Å². The molecule has 1 aromatic carbocycles. The standard InChI is InChI=1S/C20H31N3O4/c1-5-27-15-18(20(25)26-4)21(3)14-19(24)23-11-9-22(10-12-23)17-8-6-7-16(2)13-17/h6-8,13,18H,5,9-12,14-15H2,1-4H3/t18-/m0/s1. The van der Waals surface area contributed by atoms with Crippen LogP contribution in [0.1, 0.15) is 12.5 Å². The fourth-order valence-electron chi connectivity index (χ4n) is 3.20. The molecule has 7 heteroatoms. The summed E-state index contributed by atoms with van der Waals surface area (Å²) in [6.45, 7) is 7.80. The molecule has 1 aromatic rings. The maximum Gasteiger partial charge on any atom is 0.325 e. The lowest BCUT2D eigenvalue weighted by Crippen LogP contribution is -2.53. The average Bonchev–Trinajstić information content (AvgIpc) is 2.68. The minimum absolute atomic E-state index is 0.0202. The van der Waals surface area contributed by atoms with E-state index >= 15 is 0 Å². The number of rotatable bonds is 8. The van der Waals surface area contributed by atoms with Crippen LogP contribution in [-0.2, 0) is 19.1 Å². The first-order valence-corrected chi connectivity index (χ1v) is 9.41. The molecule has 7 nitrogen and oxygen atoms in total. The molecule has 0 radical (unpaired) electrons. The highest BCUT2D eigenvalue weighted by atomic mass is 16.5. The summed E-state index contributed by atoms with van der Waals surface area (Å²) in [4.78, 5) is 30.5. The van der Waals surface area contributed by atoms with E-state index in [4.69, 9.17) is 9.47 Å². The van der Waals surface area contributed by atoms with Crippen LogP contribution in [0.15, 0.2) is 24.3 Å². The number of carbonyl (C=O) groups is 2. The molecule has 1 aliphatic heterocycles. The van der Waals surface area contributed by atoms with Crippen LogP contribution in [0, 0.1) is 6.92 Å². The van der Waals surface area contributed by atoms with Crippen molar-refractivity contribution in [3.8, 4) is 0 Å². The Bertz CT molecular complexity index is 629. The molecule has 1 fully saturated rings. The molecule has 0 spiro atoms. The number of esters is 1. The Hall–Kier alpha value is -2.12. The second kappa shape index (κ2) is 10.3. The quantitative estimate of drug-likeness (QED) is 0.634. The van der Waals surface area contributed by atoms with Crippen LogP contribution in [0.5, 0.6) is 0 Å². The molecule has 0 N–H and O–H groups in total. The predicted octanol–water partition coefficient (Wildman–Crippen LogP) is 1.15. The van der Waals surface area contributed by atoms with Crippen molar-refractivity contribution >= 4 is 17.6 Å². The topological polar surface area (TPSA) is 62.3 Å². The van der Waals surface area contributed by atoms with Gasteiger partial charge in [0.25, 0.3) is 0 Å². The lowest BCUT2D eigenvalue weighted by atomic mass is 10.2. The number of hydrogen-bond acceptors (Lipinski definition) is 6. The zero-order valence-electron chi connectivity index (χ0n) is 16.8. The summed E-state index contributed by atoms with van der Waals surface area (Å²) >= 11 is 0. The highest BCUT2D eigenvalue weighted by molar-refractivity contribution is 5.81. The number of nitrogens with zero attached hydrogens (tertiary/aromatic N) is 3. The number of piperazine rings is 1. The van der Waals surface area contributed by atoms with Crippen molar-refractivity contribution < 1.29 is 19.1 Å². The van der Waals surface area contributed by atoms with Gasteiger partial charge in [0.05, 0.1) is 20.3 Å². The molecule has 27 heavy (non-hydrogen) atoms. The number of amides is 1. The van der Waals surface area contributed by atoms with E-state index < -0.39 is 6.04 Å². The van der Waals surface area contributed by atoms with Crippen LogP contribution in [0.2, 0.25) is 0 Å². The number of likely N-dealkylation sites (N-methyl/N-ethyl adjacent to an activating group) is 1. The van der Waals surface area contributed by atoms with Gasteiger partial charge in [-0.15, -0.1) is 0 Å². The van der Waals surface area contributed by atoms with Gasteiger partial charge in [-0.05, 0) is 38.6 Å². The van der Waals surface area contributed by atoms with Crippen molar-refractivity contribution in [1.29, 1.82) is 0 Å². The smallest absolute Gasteiger partial charge is 0.325 e. The van der Waals surface area contributed by atoms with Crippen molar-refractivity contribution in [3.05, 3.63) is 29.8 Å². The van der Waals surface area contributed by atoms with Crippen LogP contribution in [0.25, 0.3) is 0 Å². The molecule has 1 heterocycles. The second-order valence-electron chi connectivity index (χ2n) is 6.82. The molecule has 0 saturated carbocycles. The fraction of sp³-hybridized carbons (Fsp3) is 0.600. The van der Waals surface area contributed by atoms with Gasteiger partial charge in [-0.2, -0.15) is 0 Å². The van der Waals surface area contributed by atoms with Crippen molar-refractivity contribution in [2.75, 3.05) is 65.0 Å². The van der Waals surface area contributed by atoms with Gasteiger partial charge in [-0.3, -0.25) is 14.5 Å². The minimum Gasteiger partial charge on any atom is -0.468 e. The summed E-state index contributed by atoms with van der Waals surface area (Å²) in [7, 11) is 3.10. The summed E-state index contributed by atoms with van der Waals surface area (Å²) < 4.78 is 10.2. The minimum atomic E-state index is -0.576. The monoisotopic (exact) mass is 377 g/mol. The van der Waals surface area contributed by atoms with Gasteiger partial charge in [0, 0.05) is 38.5 Å². The zero-order chi connectivity index (χ0) is 19.8. The second-order valence-corrected chi connectivity index (χ2v) is 6.82. The van der Waals surface area contributed by atoms with Crippen molar-refractivity contribution in [3.63, 3.8) is 0 Å². The summed E-state index contributed by atoms with van der Waals surface area (Å²) in [6.07, 6.45) is 0. The number of hydrogen-bond donors (Lipinski definition) is 0. The van der Waals surface area contributed by atoms with Crippen LogP contribution in [0.3, 0.4) is 0 Å². The molecule has 2 rings (SSSR count). The summed E-state index contributed by atoms with van der Waals surface area (Å²) in [5.41, 5.74) is 2.43. The number of methoxy groups -OCH3 is 1. The molecule has 0 aromatic heterocycles. The third-order valence-corrected chi connectivity index (χ3v) is 4.87. The molecule has 150 valence electrons. The first-order valence-electron chi connectivity index (χ1n) is 9.41. The molecule has 0 unspecified atom stereocenters. The Morgan fingerprint density at radius 3 is 2.52 bits per heavy atom. The molecular formula is C20H31N3O4. The summed E-state index contributed by atoms with van der Waals surface area (Å²) in [6, 6.07) is 7.83. The number of anilines is 1. The highest BCUT2D eigenvalue weighted by Gasteiger charge is 2.28. The summed E-state index contributed by atoms with van der Waals surface area (Å²) in [5, 5.41) is 0. The zero-order valence-corrected chi connectivity index (χ0v) is 16.8. The Kier molecular flexibility index (Phi) is 8.06. The third kappa shape index (κ3) is 5.94. The maximum absolute atomic E-state index is 12.7. The molecule has 1 saturated heterocycles. The molecule has 0 aliphatic carbocycles. The van der Waals surface area contributed by atoms with Crippen molar-refractivity contribution in [2.45, 2.75) is 19.9 Å². The van der Waals surface area contributed by atoms with E-state index in [2.05, 4.69) is 36.1 Å². The van der Waals surface area contributed by atoms with E-state index in [9.17, 15) is 9.59 Å². The van der Waals surface area contributed by atoms with E-state index in [1.807, 2.05) is 11.8 Å². The largest absolute Gasteiger partial charge is 0.468 e. The SMILES string of the molecule is CCOC[C@@H](C(=O)OC)N(C)CC(=O)N1CCN(c2cccc(C)c2)CC1. The van der Waals surface area contributed by atoms with Gasteiger partial charge < -0.3 is 19.3 Å². The van der Waals surface area contributed by atoms with Gasteiger partial charge in [-0.25, -0.2) is 0 Å². The van der Waals surface area contributed by atoms with Gasteiger partial charge in [-0.1, -0.05) is 12.1 Å². The molecule has 1 atom stereocenters. The predicted molar refractivity (Wildman–Crippen MR) is 105 cm³/mol. The first kappa shape index (κ1) is 21.2. The van der Waals surface area contributed by atoms with E-state index in [-0.39, 0.29) is 25.0 Å². The van der Waals surface area contributed by atoms with Crippen LogP contribution in [0.4, 0.5) is 5.69 Å². The van der Waals surface area contributed by atoms with Crippen LogP contribution in [-0.4, -0.2) is 87.8 Å². The number of aryl methyl sites for hydroxylation is 1. The average molecular weight is 377 g/mol. The van der Waals surface area contributed by atoms with Crippen LogP contribution < -0.4 is 4.90 Å². The maximum atomic E-state index is 12.7. The molecular weight excluding hydrogens is 346 g/mol. The van der Waals surface area contributed by atoms with Crippen molar-refractivity contribution in [1.82, 2.24) is 9.80 Å². The lowest BCUT2D eigenvalue weighted by Gasteiger charge is -2.37. The Morgan fingerprint density at radius 2 is 1.93 bits per heavy atom. The fourth-order valence-corrected chi connectivity index (χ4v) is 3.20. The number of carbonyl (C=O) groups excluding carboxylic acids is 2. The van der Waals surface area contributed by atoms with E-state index in [1.165, 1.54) is 18.4 Å². The first-order chi connectivity index (χ1) is 13.0. The van der Waals surface area contributed by atoms with Gasteiger partial charge in [0.2, 0.25) is 5.91 Å². The number of benzene rings is 1. The molecule has 0 bridgehead atoms. The normalized spacial score (nSPS) is 15.7. The van der Waals surface area contributed by atoms with E-state index in [1.54, 1.807) is 11.9 Å². The van der Waals surface area contributed by atoms with E-state index in [0.29, 0.717) is 19.7 Å². The lowest BCUT2D eigenvalue weighted by molar-refractivity contribution is -0.149. The van der Waals surface area contributed by atoms with Gasteiger partial charge in [0.15, 0.2) is 0 Å². The molecule has 1 amide bonds. The Morgan fingerprint density at radius 1 is 1.22 bits per heavy atom.